The minimum atomic E-state index is -0.0837. The van der Waals surface area contributed by atoms with Gasteiger partial charge >= 0.3 is 0 Å². The summed E-state index contributed by atoms with van der Waals surface area (Å²) in [5, 5.41) is 3.47. The van der Waals surface area contributed by atoms with Gasteiger partial charge in [0.15, 0.2) is 0 Å². The molecule has 2 unspecified atom stereocenters. The maximum absolute atomic E-state index is 12.2. The second-order valence-electron chi connectivity index (χ2n) is 5.43. The van der Waals surface area contributed by atoms with E-state index >= 15 is 0 Å². The van der Waals surface area contributed by atoms with Crippen LogP contribution in [0.15, 0.2) is 0 Å². The maximum Gasteiger partial charge on any atom is 0.239 e. The smallest absolute Gasteiger partial charge is 0.239 e. The molecule has 2 atom stereocenters. The summed E-state index contributed by atoms with van der Waals surface area (Å²) in [6, 6.07) is 0.364. The lowest BCUT2D eigenvalue weighted by Gasteiger charge is -2.34. The van der Waals surface area contributed by atoms with Crippen molar-refractivity contribution in [2.45, 2.75) is 31.8 Å². The average Bonchev–Trinajstić information content (AvgIpc) is 2.39. The van der Waals surface area contributed by atoms with Crippen LogP contribution in [-0.4, -0.2) is 74.2 Å². The van der Waals surface area contributed by atoms with Crippen LogP contribution in [0.5, 0.6) is 0 Å². The van der Waals surface area contributed by atoms with Gasteiger partial charge in [0, 0.05) is 25.7 Å². The second-order valence-corrected chi connectivity index (χ2v) is 5.43. The summed E-state index contributed by atoms with van der Waals surface area (Å²) in [5.41, 5.74) is 0. The van der Waals surface area contributed by atoms with Crippen LogP contribution in [-0.2, 0) is 9.53 Å². The lowest BCUT2D eigenvalue weighted by molar-refractivity contribution is -0.137. The first kappa shape index (κ1) is 13.8. The summed E-state index contributed by atoms with van der Waals surface area (Å²) >= 11 is 0. The monoisotopic (exact) mass is 255 g/mol. The van der Waals surface area contributed by atoms with Gasteiger partial charge < -0.3 is 19.9 Å². The Hall–Kier alpha value is -0.650. The summed E-state index contributed by atoms with van der Waals surface area (Å²) in [4.78, 5) is 16.5. The first-order chi connectivity index (χ1) is 8.66. The van der Waals surface area contributed by atoms with E-state index in [1.807, 2.05) is 11.8 Å². The molecule has 1 amide bonds. The summed E-state index contributed by atoms with van der Waals surface area (Å²) in [6.07, 6.45) is 2.39. The fourth-order valence-corrected chi connectivity index (χ4v) is 2.78. The third-order valence-electron chi connectivity index (χ3n) is 3.80. The van der Waals surface area contributed by atoms with Gasteiger partial charge in [0.1, 0.15) is 0 Å². The van der Waals surface area contributed by atoms with E-state index in [4.69, 9.17) is 4.74 Å². The molecule has 5 heteroatoms. The Morgan fingerprint density at radius 2 is 2.06 bits per heavy atom. The molecular weight excluding hydrogens is 230 g/mol. The zero-order chi connectivity index (χ0) is 13.0. The number of piperidine rings is 1. The highest BCUT2D eigenvalue weighted by Gasteiger charge is 2.25. The normalized spacial score (nSPS) is 28.1. The fourth-order valence-electron chi connectivity index (χ4n) is 2.78. The molecule has 1 N–H and O–H groups in total. The van der Waals surface area contributed by atoms with E-state index in [0.717, 1.165) is 19.6 Å². The Morgan fingerprint density at radius 3 is 2.72 bits per heavy atom. The van der Waals surface area contributed by atoms with Gasteiger partial charge in [0.05, 0.1) is 19.3 Å². The van der Waals surface area contributed by atoms with Gasteiger partial charge in [-0.25, -0.2) is 0 Å². The number of carbonyl (C=O) groups is 1. The van der Waals surface area contributed by atoms with Gasteiger partial charge in [-0.2, -0.15) is 0 Å². The van der Waals surface area contributed by atoms with Crippen LogP contribution in [0.2, 0.25) is 0 Å². The van der Waals surface area contributed by atoms with Crippen LogP contribution in [0.4, 0.5) is 0 Å². The number of nitrogens with zero attached hydrogens (tertiary/aromatic N) is 2. The number of likely N-dealkylation sites (tertiary alicyclic amines) is 1. The molecule has 0 aromatic heterocycles. The molecule has 2 aliphatic rings. The minimum Gasteiger partial charge on any atom is -0.378 e. The van der Waals surface area contributed by atoms with Crippen LogP contribution in [0.1, 0.15) is 19.8 Å². The first-order valence-electron chi connectivity index (χ1n) is 6.98. The van der Waals surface area contributed by atoms with Crippen molar-refractivity contribution in [3.63, 3.8) is 0 Å². The Kier molecular flexibility index (Phi) is 4.97. The number of rotatable bonds is 3. The van der Waals surface area contributed by atoms with Gasteiger partial charge in [0.2, 0.25) is 5.91 Å². The summed E-state index contributed by atoms with van der Waals surface area (Å²) < 4.78 is 5.27. The highest BCUT2D eigenvalue weighted by atomic mass is 16.5. The van der Waals surface area contributed by atoms with Crippen molar-refractivity contribution >= 4 is 5.91 Å². The van der Waals surface area contributed by atoms with E-state index in [1.165, 1.54) is 19.4 Å². The SMILES string of the molecule is CC(NC1CCCN(C)C1)C(=O)N1CCOCC1. The van der Waals surface area contributed by atoms with Gasteiger partial charge in [-0.15, -0.1) is 0 Å². The quantitative estimate of drug-likeness (QED) is 0.766. The van der Waals surface area contributed by atoms with Crippen molar-refractivity contribution in [2.24, 2.45) is 0 Å². The number of amides is 1. The summed E-state index contributed by atoms with van der Waals surface area (Å²) in [5.74, 6) is 0.214. The highest BCUT2D eigenvalue weighted by Crippen LogP contribution is 2.09. The maximum atomic E-state index is 12.2. The molecule has 0 aliphatic carbocycles. The van der Waals surface area contributed by atoms with Gasteiger partial charge in [-0.3, -0.25) is 4.79 Å². The molecule has 0 saturated carbocycles. The Balaban J connectivity index is 1.79. The second kappa shape index (κ2) is 6.50. The number of morpholine rings is 1. The standard InChI is InChI=1S/C13H25N3O2/c1-11(13(17)16-6-8-18-9-7-16)14-12-4-3-5-15(2)10-12/h11-12,14H,3-10H2,1-2H3. The molecule has 0 aromatic carbocycles. The van der Waals surface area contributed by atoms with E-state index < -0.39 is 0 Å². The Morgan fingerprint density at radius 1 is 1.33 bits per heavy atom. The average molecular weight is 255 g/mol. The van der Waals surface area contributed by atoms with Crippen LogP contribution in [0.3, 0.4) is 0 Å². The predicted molar refractivity (Wildman–Crippen MR) is 70.5 cm³/mol. The fraction of sp³-hybridized carbons (Fsp3) is 0.923. The molecule has 0 radical (unpaired) electrons. The number of carbonyl (C=O) groups excluding carboxylic acids is 1. The number of likely N-dealkylation sites (N-methyl/N-ethyl adjacent to an activating group) is 1. The molecule has 2 aliphatic heterocycles. The molecule has 5 nitrogen and oxygen atoms in total. The van der Waals surface area contributed by atoms with Gasteiger partial charge in [0.25, 0.3) is 0 Å². The van der Waals surface area contributed by atoms with E-state index in [-0.39, 0.29) is 11.9 Å². The minimum absolute atomic E-state index is 0.0837. The number of ether oxygens (including phenoxy) is 1. The van der Waals surface area contributed by atoms with Crippen molar-refractivity contribution < 1.29 is 9.53 Å². The summed E-state index contributed by atoms with van der Waals surface area (Å²) in [7, 11) is 2.14. The molecule has 2 saturated heterocycles. The van der Waals surface area contributed by atoms with Crippen molar-refractivity contribution in [1.29, 1.82) is 0 Å². The van der Waals surface area contributed by atoms with Crippen molar-refractivity contribution in [1.82, 2.24) is 15.1 Å². The topological polar surface area (TPSA) is 44.8 Å². The van der Waals surface area contributed by atoms with Gasteiger partial charge in [-0.05, 0) is 33.4 Å². The van der Waals surface area contributed by atoms with E-state index in [2.05, 4.69) is 17.3 Å². The van der Waals surface area contributed by atoms with Crippen LogP contribution < -0.4 is 5.32 Å². The molecule has 104 valence electrons. The lowest BCUT2D eigenvalue weighted by atomic mass is 10.1. The molecule has 2 fully saturated rings. The zero-order valence-corrected chi connectivity index (χ0v) is 11.5. The van der Waals surface area contributed by atoms with Crippen molar-refractivity contribution in [3.8, 4) is 0 Å². The molecule has 2 heterocycles. The van der Waals surface area contributed by atoms with Gasteiger partial charge in [-0.1, -0.05) is 0 Å². The van der Waals surface area contributed by atoms with E-state index in [0.29, 0.717) is 19.3 Å². The van der Waals surface area contributed by atoms with Crippen LogP contribution in [0, 0.1) is 0 Å². The molecule has 0 aromatic rings. The highest BCUT2D eigenvalue weighted by molar-refractivity contribution is 5.81. The first-order valence-corrected chi connectivity index (χ1v) is 6.98. The lowest BCUT2D eigenvalue weighted by Crippen LogP contribution is -2.54. The molecular formula is C13H25N3O2. The predicted octanol–water partition coefficient (Wildman–Crippen LogP) is -0.0825. The number of hydrogen-bond acceptors (Lipinski definition) is 4. The summed E-state index contributed by atoms with van der Waals surface area (Å²) in [6.45, 7) is 7.00. The molecule has 2 rings (SSSR count). The van der Waals surface area contributed by atoms with Crippen LogP contribution in [0.25, 0.3) is 0 Å². The van der Waals surface area contributed by atoms with Crippen molar-refractivity contribution in [2.75, 3.05) is 46.4 Å². The molecule has 18 heavy (non-hydrogen) atoms. The third kappa shape index (κ3) is 3.67. The Labute approximate surface area is 109 Å². The van der Waals surface area contributed by atoms with E-state index in [9.17, 15) is 4.79 Å². The number of hydrogen-bond donors (Lipinski definition) is 1. The molecule has 0 spiro atoms. The largest absolute Gasteiger partial charge is 0.378 e. The van der Waals surface area contributed by atoms with E-state index in [1.54, 1.807) is 0 Å². The zero-order valence-electron chi connectivity index (χ0n) is 11.5. The van der Waals surface area contributed by atoms with Crippen LogP contribution >= 0.6 is 0 Å². The molecule has 0 bridgehead atoms. The third-order valence-corrected chi connectivity index (χ3v) is 3.80. The Bertz CT molecular complexity index is 279. The van der Waals surface area contributed by atoms with Crippen molar-refractivity contribution in [3.05, 3.63) is 0 Å². The number of nitrogens with one attached hydrogen (secondary N) is 1.